The maximum absolute atomic E-state index is 3.61. The first-order valence-electron chi connectivity index (χ1n) is 6.01. The summed E-state index contributed by atoms with van der Waals surface area (Å²) in [6.07, 6.45) is 22.2. The van der Waals surface area contributed by atoms with Crippen molar-refractivity contribution in [2.45, 2.75) is 45.4 Å². The fraction of sp³-hybridized carbons (Fsp3) is 0.467. The minimum Gasteiger partial charge on any atom is -0.0991 e. The predicted molar refractivity (Wildman–Crippen MR) is 71.0 cm³/mol. The van der Waals surface area contributed by atoms with Gasteiger partial charge in [-0.05, 0) is 25.7 Å². The number of unbranched alkanes of at least 4 members (excludes halogenated alkanes) is 4. The highest BCUT2D eigenvalue weighted by atomic mass is 13.9. The highest BCUT2D eigenvalue weighted by molar-refractivity contribution is 5.08. The van der Waals surface area contributed by atoms with Crippen LogP contribution in [0.5, 0.6) is 0 Å². The molecule has 15 heavy (non-hydrogen) atoms. The lowest BCUT2D eigenvalue weighted by atomic mass is 10.2. The van der Waals surface area contributed by atoms with Crippen LogP contribution in [0.25, 0.3) is 0 Å². The van der Waals surface area contributed by atoms with Gasteiger partial charge in [0.2, 0.25) is 0 Å². The van der Waals surface area contributed by atoms with Gasteiger partial charge in [0.25, 0.3) is 0 Å². The van der Waals surface area contributed by atoms with E-state index in [4.69, 9.17) is 0 Å². The quantitative estimate of drug-likeness (QED) is 0.275. The molecule has 0 aliphatic carbocycles. The second-order valence-corrected chi connectivity index (χ2v) is 3.59. The summed E-state index contributed by atoms with van der Waals surface area (Å²) in [5.74, 6) is 0. The largest absolute Gasteiger partial charge is 0.0991 e. The van der Waals surface area contributed by atoms with Crippen LogP contribution in [0.2, 0.25) is 0 Å². The maximum Gasteiger partial charge on any atom is -0.0345 e. The van der Waals surface area contributed by atoms with Crippen LogP contribution in [-0.4, -0.2) is 0 Å². The van der Waals surface area contributed by atoms with Gasteiger partial charge in [-0.1, -0.05) is 68.9 Å². The molecule has 0 aromatic carbocycles. The topological polar surface area (TPSA) is 0 Å². The first-order valence-corrected chi connectivity index (χ1v) is 6.01. The van der Waals surface area contributed by atoms with Gasteiger partial charge in [-0.2, -0.15) is 0 Å². The molecule has 0 bridgehead atoms. The highest BCUT2D eigenvalue weighted by Crippen LogP contribution is 2.01. The average molecular weight is 204 g/mol. The van der Waals surface area contributed by atoms with Gasteiger partial charge in [0.1, 0.15) is 0 Å². The summed E-state index contributed by atoms with van der Waals surface area (Å²) in [6.45, 7) is 5.85. The molecule has 0 nitrogen and oxygen atoms in total. The van der Waals surface area contributed by atoms with E-state index in [-0.39, 0.29) is 0 Å². The summed E-state index contributed by atoms with van der Waals surface area (Å²) < 4.78 is 0. The molecule has 0 saturated heterocycles. The Labute approximate surface area is 95.1 Å². The van der Waals surface area contributed by atoms with Crippen LogP contribution in [0, 0.1) is 0 Å². The van der Waals surface area contributed by atoms with Gasteiger partial charge in [0.15, 0.2) is 0 Å². The monoisotopic (exact) mass is 204 g/mol. The fourth-order valence-corrected chi connectivity index (χ4v) is 1.23. The van der Waals surface area contributed by atoms with Gasteiger partial charge in [-0.25, -0.2) is 0 Å². The van der Waals surface area contributed by atoms with Crippen molar-refractivity contribution in [1.29, 1.82) is 0 Å². The van der Waals surface area contributed by atoms with Crippen molar-refractivity contribution in [2.24, 2.45) is 0 Å². The van der Waals surface area contributed by atoms with Crippen LogP contribution in [0.3, 0.4) is 0 Å². The highest BCUT2D eigenvalue weighted by Gasteiger charge is 1.81. The number of hydrogen-bond donors (Lipinski definition) is 0. The maximum atomic E-state index is 3.61. The first kappa shape index (κ1) is 14.0. The minimum absolute atomic E-state index is 1.17. The second-order valence-electron chi connectivity index (χ2n) is 3.59. The molecule has 0 spiro atoms. The van der Waals surface area contributed by atoms with Crippen LogP contribution < -0.4 is 0 Å². The Balaban J connectivity index is 3.23. The molecule has 0 unspecified atom stereocenters. The van der Waals surface area contributed by atoms with E-state index in [2.05, 4.69) is 37.8 Å². The van der Waals surface area contributed by atoms with Crippen molar-refractivity contribution in [3.8, 4) is 0 Å². The summed E-state index contributed by atoms with van der Waals surface area (Å²) in [7, 11) is 0. The molecule has 0 fully saturated rings. The summed E-state index contributed by atoms with van der Waals surface area (Å²) >= 11 is 0. The average Bonchev–Trinajstić information content (AvgIpc) is 2.26. The van der Waals surface area contributed by atoms with Crippen molar-refractivity contribution in [3.05, 3.63) is 49.1 Å². The van der Waals surface area contributed by atoms with E-state index in [9.17, 15) is 0 Å². The first-order chi connectivity index (χ1) is 7.41. The van der Waals surface area contributed by atoms with Gasteiger partial charge in [-0.3, -0.25) is 0 Å². The van der Waals surface area contributed by atoms with Crippen molar-refractivity contribution >= 4 is 0 Å². The third-order valence-corrected chi connectivity index (χ3v) is 2.13. The van der Waals surface area contributed by atoms with E-state index in [1.807, 2.05) is 12.2 Å². The van der Waals surface area contributed by atoms with E-state index >= 15 is 0 Å². The number of hydrogen-bond acceptors (Lipinski definition) is 0. The van der Waals surface area contributed by atoms with Crippen LogP contribution in [-0.2, 0) is 0 Å². The molecule has 0 radical (unpaired) electrons. The normalized spacial score (nSPS) is 12.1. The second kappa shape index (κ2) is 13.0. The predicted octanol–water partition coefficient (Wildman–Crippen LogP) is 5.20. The molecule has 0 saturated carbocycles. The van der Waals surface area contributed by atoms with Gasteiger partial charge in [0.05, 0.1) is 0 Å². The summed E-state index contributed by atoms with van der Waals surface area (Å²) in [4.78, 5) is 0. The van der Waals surface area contributed by atoms with Crippen LogP contribution in [0.1, 0.15) is 45.4 Å². The van der Waals surface area contributed by atoms with Gasteiger partial charge < -0.3 is 0 Å². The lowest BCUT2D eigenvalue weighted by Gasteiger charge is -1.90. The Morgan fingerprint density at radius 1 is 0.800 bits per heavy atom. The van der Waals surface area contributed by atoms with Crippen molar-refractivity contribution in [1.82, 2.24) is 0 Å². The lowest BCUT2D eigenvalue weighted by Crippen LogP contribution is -1.70. The Morgan fingerprint density at radius 2 is 1.47 bits per heavy atom. The zero-order chi connectivity index (χ0) is 11.2. The summed E-state index contributed by atoms with van der Waals surface area (Å²) in [5, 5.41) is 0. The van der Waals surface area contributed by atoms with E-state index in [1.54, 1.807) is 6.08 Å². The van der Waals surface area contributed by atoms with Crippen LogP contribution >= 0.6 is 0 Å². The molecule has 0 heteroatoms. The van der Waals surface area contributed by atoms with E-state index < -0.39 is 0 Å². The number of allylic oxidation sites excluding steroid dienone is 7. The van der Waals surface area contributed by atoms with E-state index in [0.29, 0.717) is 0 Å². The molecular formula is C15H24. The number of rotatable bonds is 9. The Bertz CT molecular complexity index is 206. The molecule has 0 aromatic heterocycles. The molecule has 0 heterocycles. The molecule has 0 aliphatic heterocycles. The molecule has 0 rings (SSSR count). The Hall–Kier alpha value is -1.04. The van der Waals surface area contributed by atoms with Crippen molar-refractivity contribution in [2.75, 3.05) is 0 Å². The zero-order valence-corrected chi connectivity index (χ0v) is 9.99. The van der Waals surface area contributed by atoms with E-state index in [1.165, 1.54) is 38.5 Å². The van der Waals surface area contributed by atoms with Crippen molar-refractivity contribution in [3.63, 3.8) is 0 Å². The van der Waals surface area contributed by atoms with Gasteiger partial charge >= 0.3 is 0 Å². The van der Waals surface area contributed by atoms with Gasteiger partial charge in [-0.15, -0.1) is 0 Å². The zero-order valence-electron chi connectivity index (χ0n) is 9.99. The van der Waals surface area contributed by atoms with Crippen molar-refractivity contribution < 1.29 is 0 Å². The summed E-state index contributed by atoms with van der Waals surface area (Å²) in [6, 6.07) is 0. The van der Waals surface area contributed by atoms with Crippen LogP contribution in [0.15, 0.2) is 49.1 Å². The lowest BCUT2D eigenvalue weighted by molar-refractivity contribution is 0.805. The third-order valence-electron chi connectivity index (χ3n) is 2.13. The van der Waals surface area contributed by atoms with E-state index in [0.717, 1.165) is 0 Å². The van der Waals surface area contributed by atoms with Crippen LogP contribution in [0.4, 0.5) is 0 Å². The molecule has 0 N–H and O–H groups in total. The Morgan fingerprint density at radius 3 is 2.13 bits per heavy atom. The SMILES string of the molecule is C=C/C=C/C=C/CCC/C=C/CCCC. The van der Waals surface area contributed by atoms with Gasteiger partial charge in [0, 0.05) is 0 Å². The molecule has 0 atom stereocenters. The molecule has 84 valence electrons. The third kappa shape index (κ3) is 13.0. The molecule has 0 aliphatic rings. The minimum atomic E-state index is 1.17. The smallest absolute Gasteiger partial charge is 0.0345 e. The molecule has 0 aromatic rings. The molecule has 0 amide bonds. The summed E-state index contributed by atoms with van der Waals surface area (Å²) in [5.41, 5.74) is 0. The Kier molecular flexibility index (Phi) is 12.1. The fourth-order valence-electron chi connectivity index (χ4n) is 1.23. The molecular weight excluding hydrogens is 180 g/mol. The standard InChI is InChI=1S/C15H24/c1-3-5-7-9-11-13-15-14-12-10-8-6-4-2/h3,5,7,9-12H,1,4,6,8,13-15H2,2H3/b7-5+,11-9+,12-10+.